The Morgan fingerprint density at radius 1 is 1.03 bits per heavy atom. The van der Waals surface area contributed by atoms with Crippen LogP contribution in [0.5, 0.6) is 5.75 Å². The Balaban J connectivity index is 1.53. The fourth-order valence-electron chi connectivity index (χ4n) is 3.42. The lowest BCUT2D eigenvalue weighted by atomic mass is 10.0. The number of ketones is 2. The normalized spacial score (nSPS) is 11.0. The Labute approximate surface area is 209 Å². The molecule has 34 heavy (non-hydrogen) atoms. The van der Waals surface area contributed by atoms with Gasteiger partial charge in [-0.2, -0.15) is 0 Å². The van der Waals surface area contributed by atoms with Crippen LogP contribution in [0.2, 0.25) is 10.0 Å². The van der Waals surface area contributed by atoms with Crippen molar-refractivity contribution in [2.45, 2.75) is 32.8 Å². The molecule has 0 spiro atoms. The fraction of sp³-hybridized carbons (Fsp3) is 0.200. The van der Waals surface area contributed by atoms with Gasteiger partial charge >= 0.3 is 5.56 Å². The van der Waals surface area contributed by atoms with Gasteiger partial charge in [-0.05, 0) is 30.2 Å². The van der Waals surface area contributed by atoms with E-state index in [1.165, 1.54) is 15.7 Å². The van der Waals surface area contributed by atoms with Crippen molar-refractivity contribution in [2.75, 3.05) is 0 Å². The number of hydrogen-bond donors (Lipinski definition) is 0. The first kappa shape index (κ1) is 24.1. The van der Waals surface area contributed by atoms with E-state index in [9.17, 15) is 14.4 Å². The van der Waals surface area contributed by atoms with Crippen LogP contribution in [0, 0.1) is 6.92 Å². The molecule has 0 aliphatic heterocycles. The smallest absolute Gasteiger partial charge is 0.301 e. The van der Waals surface area contributed by atoms with Gasteiger partial charge in [-0.1, -0.05) is 59.6 Å². The maximum atomic E-state index is 13.1. The Morgan fingerprint density at radius 2 is 1.79 bits per heavy atom. The SMILES string of the molecule is Cc1cn2c(=O)c(OCc3ccccc3)c(C(=O)CCC(=O)Cc3ccc(Cl)c(Cl)c3)nc2s1. The molecular formula is C25H20Cl2N2O4S. The Hall–Kier alpha value is -3.00. The van der Waals surface area contributed by atoms with E-state index in [-0.39, 0.29) is 43.1 Å². The van der Waals surface area contributed by atoms with Gasteiger partial charge in [-0.15, -0.1) is 11.3 Å². The van der Waals surface area contributed by atoms with Crippen LogP contribution in [-0.2, 0) is 17.8 Å². The van der Waals surface area contributed by atoms with E-state index in [1.54, 1.807) is 24.4 Å². The number of rotatable bonds is 9. The van der Waals surface area contributed by atoms with Crippen molar-refractivity contribution in [1.29, 1.82) is 0 Å². The van der Waals surface area contributed by atoms with Gasteiger partial charge in [0.2, 0.25) is 5.75 Å². The maximum Gasteiger partial charge on any atom is 0.301 e. The van der Waals surface area contributed by atoms with Crippen molar-refractivity contribution in [3.8, 4) is 5.75 Å². The van der Waals surface area contributed by atoms with E-state index in [2.05, 4.69) is 4.98 Å². The second-order valence-electron chi connectivity index (χ2n) is 7.75. The number of benzene rings is 2. The zero-order chi connectivity index (χ0) is 24.2. The molecule has 2 heterocycles. The number of fused-ring (bicyclic) bond motifs is 1. The molecule has 9 heteroatoms. The minimum Gasteiger partial charge on any atom is -0.481 e. The molecule has 0 atom stereocenters. The van der Waals surface area contributed by atoms with Gasteiger partial charge in [0.25, 0.3) is 0 Å². The van der Waals surface area contributed by atoms with Crippen LogP contribution in [0.4, 0.5) is 0 Å². The van der Waals surface area contributed by atoms with Crippen LogP contribution in [0.25, 0.3) is 4.96 Å². The van der Waals surface area contributed by atoms with Gasteiger partial charge in [0.1, 0.15) is 12.4 Å². The molecule has 0 aliphatic carbocycles. The van der Waals surface area contributed by atoms with Crippen molar-refractivity contribution in [3.05, 3.63) is 96.8 Å². The summed E-state index contributed by atoms with van der Waals surface area (Å²) >= 11 is 13.2. The lowest BCUT2D eigenvalue weighted by molar-refractivity contribution is -0.118. The van der Waals surface area contributed by atoms with Gasteiger partial charge in [0.15, 0.2) is 16.4 Å². The van der Waals surface area contributed by atoms with Crippen molar-refractivity contribution >= 4 is 51.1 Å². The number of ether oxygens (including phenoxy) is 1. The third kappa shape index (κ3) is 5.55. The number of hydrogen-bond acceptors (Lipinski definition) is 6. The summed E-state index contributed by atoms with van der Waals surface area (Å²) in [5, 5.41) is 0.778. The first-order valence-electron chi connectivity index (χ1n) is 10.5. The van der Waals surface area contributed by atoms with E-state index < -0.39 is 11.3 Å². The molecule has 2 aromatic carbocycles. The van der Waals surface area contributed by atoms with Crippen LogP contribution < -0.4 is 10.3 Å². The molecule has 0 bridgehead atoms. The first-order valence-corrected chi connectivity index (χ1v) is 12.1. The number of halogens is 2. The largest absolute Gasteiger partial charge is 0.481 e. The summed E-state index contributed by atoms with van der Waals surface area (Å²) in [6.45, 7) is 1.97. The molecular weight excluding hydrogens is 495 g/mol. The number of nitrogens with zero attached hydrogens (tertiary/aromatic N) is 2. The number of Topliss-reactive ketones (excluding diaryl/α,β-unsaturated/α-hetero) is 2. The van der Waals surface area contributed by atoms with Gasteiger partial charge in [0, 0.05) is 30.3 Å². The van der Waals surface area contributed by atoms with E-state index in [4.69, 9.17) is 27.9 Å². The molecule has 0 N–H and O–H groups in total. The maximum absolute atomic E-state index is 13.1. The zero-order valence-corrected chi connectivity index (χ0v) is 20.5. The summed E-state index contributed by atoms with van der Waals surface area (Å²) < 4.78 is 7.18. The standard InChI is InChI=1S/C25H20Cl2N2O4S/c1-15-13-29-24(32)23(33-14-16-5-3-2-4-6-16)22(28-25(29)34-15)21(31)10-8-18(30)11-17-7-9-19(26)20(27)12-17/h2-7,9,12-13H,8,10-11,14H2,1H3. The van der Waals surface area contributed by atoms with Gasteiger partial charge in [0.05, 0.1) is 10.0 Å². The summed E-state index contributed by atoms with van der Waals surface area (Å²) in [6, 6.07) is 14.3. The van der Waals surface area contributed by atoms with Crippen molar-refractivity contribution in [2.24, 2.45) is 0 Å². The molecule has 2 aromatic heterocycles. The van der Waals surface area contributed by atoms with E-state index in [0.29, 0.717) is 20.6 Å². The molecule has 6 nitrogen and oxygen atoms in total. The molecule has 0 saturated heterocycles. The zero-order valence-electron chi connectivity index (χ0n) is 18.2. The third-order valence-electron chi connectivity index (χ3n) is 5.11. The summed E-state index contributed by atoms with van der Waals surface area (Å²) in [5.74, 6) is -0.666. The van der Waals surface area contributed by atoms with E-state index in [1.807, 2.05) is 37.3 Å². The Kier molecular flexibility index (Phi) is 7.46. The topological polar surface area (TPSA) is 77.7 Å². The monoisotopic (exact) mass is 514 g/mol. The molecule has 0 fully saturated rings. The van der Waals surface area contributed by atoms with Crippen molar-refractivity contribution in [3.63, 3.8) is 0 Å². The number of aromatic nitrogens is 2. The number of thiazole rings is 1. The minimum absolute atomic E-state index is 0.00171. The molecule has 0 saturated carbocycles. The molecule has 4 aromatic rings. The number of carbonyl (C=O) groups excluding carboxylic acids is 2. The highest BCUT2D eigenvalue weighted by atomic mass is 35.5. The molecule has 174 valence electrons. The summed E-state index contributed by atoms with van der Waals surface area (Å²) in [6.07, 6.45) is 1.71. The highest BCUT2D eigenvalue weighted by Crippen LogP contribution is 2.24. The Morgan fingerprint density at radius 3 is 2.53 bits per heavy atom. The van der Waals surface area contributed by atoms with Crippen molar-refractivity contribution < 1.29 is 14.3 Å². The minimum atomic E-state index is -0.448. The molecule has 0 unspecified atom stereocenters. The van der Waals surface area contributed by atoms with Crippen LogP contribution in [0.3, 0.4) is 0 Å². The predicted molar refractivity (Wildman–Crippen MR) is 134 cm³/mol. The van der Waals surface area contributed by atoms with Crippen LogP contribution in [-0.4, -0.2) is 21.0 Å². The summed E-state index contributed by atoms with van der Waals surface area (Å²) in [7, 11) is 0. The van der Waals surface area contributed by atoms with Crippen molar-refractivity contribution in [1.82, 2.24) is 9.38 Å². The average Bonchev–Trinajstić information content (AvgIpc) is 3.20. The van der Waals surface area contributed by atoms with Gasteiger partial charge in [-0.3, -0.25) is 18.8 Å². The van der Waals surface area contributed by atoms with Gasteiger partial charge in [-0.25, -0.2) is 4.98 Å². The lowest BCUT2D eigenvalue weighted by Gasteiger charge is -2.10. The molecule has 0 amide bonds. The third-order valence-corrected chi connectivity index (χ3v) is 6.75. The second kappa shape index (κ2) is 10.5. The van der Waals surface area contributed by atoms with E-state index in [0.717, 1.165) is 10.4 Å². The number of carbonyl (C=O) groups is 2. The summed E-state index contributed by atoms with van der Waals surface area (Å²) in [4.78, 5) is 44.3. The quantitative estimate of drug-likeness (QED) is 0.266. The van der Waals surface area contributed by atoms with E-state index >= 15 is 0 Å². The lowest BCUT2D eigenvalue weighted by Crippen LogP contribution is -2.21. The second-order valence-corrected chi connectivity index (χ2v) is 9.78. The molecule has 4 rings (SSSR count). The summed E-state index contributed by atoms with van der Waals surface area (Å²) in [5.41, 5.74) is 1.06. The molecule has 0 aliphatic rings. The predicted octanol–water partition coefficient (Wildman–Crippen LogP) is 5.72. The highest BCUT2D eigenvalue weighted by Gasteiger charge is 2.22. The highest BCUT2D eigenvalue weighted by molar-refractivity contribution is 7.16. The van der Waals surface area contributed by atoms with Crippen LogP contribution in [0.1, 0.15) is 39.3 Å². The van der Waals surface area contributed by atoms with Gasteiger partial charge < -0.3 is 4.74 Å². The fourth-order valence-corrected chi connectivity index (χ4v) is 4.56. The number of aryl methyl sites for hydroxylation is 1. The van der Waals surface area contributed by atoms with Crippen LogP contribution >= 0.6 is 34.5 Å². The Bertz CT molecular complexity index is 1430. The molecule has 0 radical (unpaired) electrons. The first-order chi connectivity index (χ1) is 16.3. The van der Waals surface area contributed by atoms with Crippen LogP contribution in [0.15, 0.2) is 59.5 Å². The average molecular weight is 515 g/mol.